The van der Waals surface area contributed by atoms with E-state index in [1.807, 2.05) is 27.7 Å². The van der Waals surface area contributed by atoms with Crippen molar-refractivity contribution in [3.8, 4) is 0 Å². The maximum absolute atomic E-state index is 11.6. The van der Waals surface area contributed by atoms with E-state index in [1.165, 1.54) is 0 Å². The first-order chi connectivity index (χ1) is 8.56. The predicted molar refractivity (Wildman–Crippen MR) is 82.1 cm³/mol. The summed E-state index contributed by atoms with van der Waals surface area (Å²) in [6.45, 7) is 10.2. The third kappa shape index (κ3) is 6.02. The minimum Gasteiger partial charge on any atom is -0.398 e. The molecule has 0 heterocycles. The van der Waals surface area contributed by atoms with Crippen LogP contribution in [0.2, 0.25) is 0 Å². The monoisotopic (exact) mass is 317 g/mol. The van der Waals surface area contributed by atoms with Crippen LogP contribution in [-0.4, -0.2) is 17.5 Å². The molecule has 1 rings (SSSR count). The lowest BCUT2D eigenvalue weighted by Crippen LogP contribution is -2.37. The highest BCUT2D eigenvalue weighted by molar-refractivity contribution is 9.10. The van der Waals surface area contributed by atoms with Crippen molar-refractivity contribution >= 4 is 27.5 Å². The minimum atomic E-state index is -0.272. The predicted octanol–water partition coefficient (Wildman–Crippen LogP) is 3.42. The van der Waals surface area contributed by atoms with Gasteiger partial charge in [0.1, 0.15) is 0 Å². The molecule has 0 saturated carbocycles. The molecule has 0 aliphatic carbocycles. The Balaban J connectivity index is 0. The Morgan fingerprint density at radius 2 is 1.78 bits per heavy atom. The van der Waals surface area contributed by atoms with Crippen molar-refractivity contribution in [2.75, 3.05) is 12.3 Å². The number of nitrogens with zero attached hydrogens (tertiary/aromatic N) is 1. The SMILES string of the molecule is CC.CC.CCN(N)C(=O)c1cc(Br)ccc1N. The van der Waals surface area contributed by atoms with Gasteiger partial charge in [-0.2, -0.15) is 0 Å². The number of halogens is 1. The summed E-state index contributed by atoms with van der Waals surface area (Å²) in [5, 5.41) is 1.12. The van der Waals surface area contributed by atoms with Crippen LogP contribution >= 0.6 is 15.9 Å². The van der Waals surface area contributed by atoms with E-state index in [0.29, 0.717) is 17.8 Å². The summed E-state index contributed by atoms with van der Waals surface area (Å²) in [6.07, 6.45) is 0. The number of carbonyl (C=O) groups excluding carboxylic acids is 1. The second-order valence-corrected chi connectivity index (χ2v) is 3.74. The Bertz CT molecular complexity index is 356. The topological polar surface area (TPSA) is 72.3 Å². The zero-order chi connectivity index (χ0) is 14.7. The molecule has 0 aliphatic rings. The fourth-order valence-corrected chi connectivity index (χ4v) is 1.37. The molecule has 0 spiro atoms. The number of hydrazine groups is 1. The molecule has 1 aromatic rings. The van der Waals surface area contributed by atoms with Crippen molar-refractivity contribution in [1.82, 2.24) is 5.01 Å². The van der Waals surface area contributed by atoms with Crippen LogP contribution in [-0.2, 0) is 0 Å². The third-order valence-electron chi connectivity index (χ3n) is 1.85. The fraction of sp³-hybridized carbons (Fsp3) is 0.462. The van der Waals surface area contributed by atoms with E-state index < -0.39 is 0 Å². The Labute approximate surface area is 118 Å². The van der Waals surface area contributed by atoms with Gasteiger partial charge in [-0.25, -0.2) is 5.84 Å². The molecule has 0 aliphatic heterocycles. The van der Waals surface area contributed by atoms with Crippen LogP contribution in [0.1, 0.15) is 45.0 Å². The second kappa shape index (κ2) is 11.0. The fourth-order valence-electron chi connectivity index (χ4n) is 1.01. The molecule has 0 radical (unpaired) electrons. The van der Waals surface area contributed by atoms with Crippen LogP contribution in [0, 0.1) is 0 Å². The maximum Gasteiger partial charge on any atom is 0.269 e. The lowest BCUT2D eigenvalue weighted by atomic mass is 10.1. The first-order valence-electron chi connectivity index (χ1n) is 6.17. The zero-order valence-electron chi connectivity index (χ0n) is 11.8. The number of amides is 1. The Hall–Kier alpha value is -1.07. The number of carbonyl (C=O) groups is 1. The summed E-state index contributed by atoms with van der Waals surface area (Å²) in [6, 6.07) is 5.10. The summed E-state index contributed by atoms with van der Waals surface area (Å²) < 4.78 is 0.805. The van der Waals surface area contributed by atoms with E-state index in [4.69, 9.17) is 11.6 Å². The average molecular weight is 318 g/mol. The van der Waals surface area contributed by atoms with Crippen molar-refractivity contribution in [2.24, 2.45) is 5.84 Å². The summed E-state index contributed by atoms with van der Waals surface area (Å²) in [7, 11) is 0. The number of rotatable bonds is 2. The molecule has 4 N–H and O–H groups in total. The molecule has 1 aromatic carbocycles. The minimum absolute atomic E-state index is 0.272. The van der Waals surface area contributed by atoms with E-state index in [0.717, 1.165) is 9.48 Å². The van der Waals surface area contributed by atoms with Crippen molar-refractivity contribution in [3.05, 3.63) is 28.2 Å². The zero-order valence-corrected chi connectivity index (χ0v) is 13.4. The molecule has 0 atom stereocenters. The first kappa shape index (κ1) is 19.3. The standard InChI is InChI=1S/C9H12BrN3O.2C2H6/c1-2-13(12)9(14)7-5-6(10)3-4-8(7)11;2*1-2/h3-5H,2,11-12H2,1H3;2*1-2H3. The van der Waals surface area contributed by atoms with Gasteiger partial charge in [-0.05, 0) is 25.1 Å². The molecule has 4 nitrogen and oxygen atoms in total. The van der Waals surface area contributed by atoms with Crippen LogP contribution in [0.15, 0.2) is 22.7 Å². The number of nitrogens with two attached hydrogens (primary N) is 2. The van der Waals surface area contributed by atoms with E-state index in [1.54, 1.807) is 25.1 Å². The lowest BCUT2D eigenvalue weighted by Gasteiger charge is -2.15. The van der Waals surface area contributed by atoms with E-state index in [-0.39, 0.29) is 5.91 Å². The molecular formula is C13H24BrN3O. The molecule has 0 bridgehead atoms. The normalized spacial score (nSPS) is 8.39. The van der Waals surface area contributed by atoms with Gasteiger partial charge in [-0.3, -0.25) is 9.80 Å². The van der Waals surface area contributed by atoms with Crippen molar-refractivity contribution in [1.29, 1.82) is 0 Å². The largest absolute Gasteiger partial charge is 0.398 e. The average Bonchev–Trinajstić information content (AvgIpc) is 2.44. The van der Waals surface area contributed by atoms with Crippen LogP contribution in [0.3, 0.4) is 0 Å². The summed E-state index contributed by atoms with van der Waals surface area (Å²) in [4.78, 5) is 11.6. The van der Waals surface area contributed by atoms with E-state index in [9.17, 15) is 4.79 Å². The van der Waals surface area contributed by atoms with Crippen LogP contribution < -0.4 is 11.6 Å². The molecule has 0 saturated heterocycles. The number of nitrogen functional groups attached to an aromatic ring is 1. The van der Waals surface area contributed by atoms with Gasteiger partial charge in [-0.1, -0.05) is 43.6 Å². The molecule has 0 unspecified atom stereocenters. The highest BCUT2D eigenvalue weighted by Gasteiger charge is 2.13. The molecule has 0 fully saturated rings. The van der Waals surface area contributed by atoms with Crippen LogP contribution in [0.4, 0.5) is 5.69 Å². The van der Waals surface area contributed by atoms with Gasteiger partial charge >= 0.3 is 0 Å². The molecule has 5 heteroatoms. The van der Waals surface area contributed by atoms with Crippen LogP contribution in [0.25, 0.3) is 0 Å². The van der Waals surface area contributed by atoms with E-state index in [2.05, 4.69) is 15.9 Å². The first-order valence-corrected chi connectivity index (χ1v) is 6.97. The lowest BCUT2D eigenvalue weighted by molar-refractivity contribution is 0.0765. The quantitative estimate of drug-likeness (QED) is 0.380. The van der Waals surface area contributed by atoms with Crippen molar-refractivity contribution in [2.45, 2.75) is 34.6 Å². The summed E-state index contributed by atoms with van der Waals surface area (Å²) in [5.74, 6) is 5.21. The number of anilines is 1. The van der Waals surface area contributed by atoms with Crippen molar-refractivity contribution in [3.63, 3.8) is 0 Å². The second-order valence-electron chi connectivity index (χ2n) is 2.82. The maximum atomic E-state index is 11.6. The smallest absolute Gasteiger partial charge is 0.269 e. The highest BCUT2D eigenvalue weighted by Crippen LogP contribution is 2.19. The van der Waals surface area contributed by atoms with Gasteiger partial charge in [0.15, 0.2) is 0 Å². The Morgan fingerprint density at radius 1 is 1.28 bits per heavy atom. The van der Waals surface area contributed by atoms with E-state index >= 15 is 0 Å². The van der Waals surface area contributed by atoms with Gasteiger partial charge in [0.2, 0.25) is 0 Å². The summed E-state index contributed by atoms with van der Waals surface area (Å²) in [5.41, 5.74) is 6.51. The number of hydrogen-bond donors (Lipinski definition) is 2. The Morgan fingerprint density at radius 3 is 2.22 bits per heavy atom. The molecule has 18 heavy (non-hydrogen) atoms. The molecular weight excluding hydrogens is 294 g/mol. The highest BCUT2D eigenvalue weighted by atomic mass is 79.9. The van der Waals surface area contributed by atoms with Gasteiger partial charge in [0.05, 0.1) is 5.56 Å². The van der Waals surface area contributed by atoms with Crippen molar-refractivity contribution < 1.29 is 4.79 Å². The Kier molecular flexibility index (Phi) is 11.8. The van der Waals surface area contributed by atoms with Crippen LogP contribution in [0.5, 0.6) is 0 Å². The van der Waals surface area contributed by atoms with Gasteiger partial charge in [0, 0.05) is 16.7 Å². The van der Waals surface area contributed by atoms with Gasteiger partial charge in [0.25, 0.3) is 5.91 Å². The number of benzene rings is 1. The van der Waals surface area contributed by atoms with Gasteiger partial charge in [-0.15, -0.1) is 0 Å². The molecule has 1 amide bonds. The number of hydrogen-bond acceptors (Lipinski definition) is 3. The summed E-state index contributed by atoms with van der Waals surface area (Å²) >= 11 is 3.27. The molecule has 0 aromatic heterocycles. The third-order valence-corrected chi connectivity index (χ3v) is 2.34. The molecule has 104 valence electrons. The van der Waals surface area contributed by atoms with Gasteiger partial charge < -0.3 is 5.73 Å².